The molecule has 0 spiro atoms. The largest absolute Gasteiger partial charge is 0.418 e. The highest BCUT2D eigenvalue weighted by molar-refractivity contribution is 6.32. The van der Waals surface area contributed by atoms with Crippen molar-refractivity contribution < 1.29 is 40.7 Å². The molecule has 0 bridgehead atoms. The molecule has 2 aliphatic heterocycles. The van der Waals surface area contributed by atoms with Crippen LogP contribution in [0.1, 0.15) is 55.7 Å². The number of hydrogen-bond donors (Lipinski definition) is 1. The minimum absolute atomic E-state index is 0.182. The Bertz CT molecular complexity index is 1520. The van der Waals surface area contributed by atoms with E-state index >= 15 is 0 Å². The highest BCUT2D eigenvalue weighted by atomic mass is 19.4. The van der Waals surface area contributed by atoms with Crippen LogP contribution in [0.4, 0.5) is 42.5 Å². The molecule has 4 amide bonds. The van der Waals surface area contributed by atoms with Crippen molar-refractivity contribution in [3.8, 4) is 6.07 Å². The number of piperazine rings is 1. The minimum Gasteiger partial charge on any atom is -0.322 e. The second-order valence-corrected chi connectivity index (χ2v) is 10.9. The van der Waals surface area contributed by atoms with Crippen molar-refractivity contribution in [3.05, 3.63) is 70.3 Å². The SMILES string of the molecule is CC1=C(CCCCCCN2CCN(C(=O)Nc3ccccc3C(F)(F)F)CC2)C(=O)N(c2ccc(C#N)c(C(F)(F)F)c2)C1=O. The molecular weight excluding hydrogens is 604 g/mol. The first-order valence-corrected chi connectivity index (χ1v) is 14.4. The Balaban J connectivity index is 1.19. The number of alkyl halides is 6. The van der Waals surface area contributed by atoms with Gasteiger partial charge in [-0.1, -0.05) is 25.0 Å². The molecule has 0 aromatic heterocycles. The predicted octanol–water partition coefficient (Wildman–Crippen LogP) is 6.59. The standard InChI is InChI=1S/C31H31F6N5O3/c1-20-23(28(44)42(27(20)43)22-12-11-21(19-38)25(18-22)31(35,36)37)8-4-2-3-7-13-40-14-16-41(17-15-40)29(45)39-26-10-6-5-9-24(26)30(32,33)34/h5-6,9-12,18H,2-4,7-8,13-17H2,1H3,(H,39,45). The van der Waals surface area contributed by atoms with Crippen LogP contribution >= 0.6 is 0 Å². The van der Waals surface area contributed by atoms with Gasteiger partial charge in [0.2, 0.25) is 0 Å². The van der Waals surface area contributed by atoms with E-state index in [1.54, 1.807) is 0 Å². The monoisotopic (exact) mass is 635 g/mol. The summed E-state index contributed by atoms with van der Waals surface area (Å²) in [7, 11) is 0. The van der Waals surface area contributed by atoms with E-state index in [0.29, 0.717) is 45.1 Å². The number of nitriles is 1. The van der Waals surface area contributed by atoms with E-state index in [9.17, 15) is 40.7 Å². The Hall–Kier alpha value is -4.38. The first-order chi connectivity index (χ1) is 21.2. The van der Waals surface area contributed by atoms with Gasteiger partial charge in [-0.25, -0.2) is 9.69 Å². The normalized spacial score (nSPS) is 16.4. The summed E-state index contributed by atoms with van der Waals surface area (Å²) in [5.74, 6) is -1.36. The number of hydrogen-bond acceptors (Lipinski definition) is 5. The molecule has 0 aliphatic carbocycles. The van der Waals surface area contributed by atoms with Crippen molar-refractivity contribution in [2.45, 2.75) is 51.4 Å². The molecular formula is C31H31F6N5O3. The summed E-state index contributed by atoms with van der Waals surface area (Å²) in [6.07, 6.45) is -6.14. The molecule has 240 valence electrons. The molecule has 2 aromatic rings. The van der Waals surface area contributed by atoms with Crippen LogP contribution in [0.3, 0.4) is 0 Å². The minimum atomic E-state index is -4.83. The molecule has 45 heavy (non-hydrogen) atoms. The highest BCUT2D eigenvalue weighted by Gasteiger charge is 2.39. The van der Waals surface area contributed by atoms with E-state index in [0.717, 1.165) is 48.9 Å². The summed E-state index contributed by atoms with van der Waals surface area (Å²) in [4.78, 5) is 42.7. The fraction of sp³-hybridized carbons (Fsp3) is 0.419. The number of urea groups is 1. The van der Waals surface area contributed by atoms with Gasteiger partial charge >= 0.3 is 18.4 Å². The zero-order valence-electron chi connectivity index (χ0n) is 24.4. The van der Waals surface area contributed by atoms with Crippen molar-refractivity contribution in [2.24, 2.45) is 0 Å². The van der Waals surface area contributed by atoms with Gasteiger partial charge < -0.3 is 10.2 Å². The second-order valence-electron chi connectivity index (χ2n) is 10.9. The number of halogens is 6. The third kappa shape index (κ3) is 7.83. The number of imide groups is 1. The summed E-state index contributed by atoms with van der Waals surface area (Å²) in [6.45, 7) is 4.09. The van der Waals surface area contributed by atoms with Crippen LogP contribution in [0.5, 0.6) is 0 Å². The van der Waals surface area contributed by atoms with E-state index in [1.807, 2.05) is 0 Å². The van der Waals surface area contributed by atoms with Crippen molar-refractivity contribution in [1.82, 2.24) is 9.80 Å². The van der Waals surface area contributed by atoms with E-state index in [1.165, 1.54) is 36.1 Å². The van der Waals surface area contributed by atoms with Gasteiger partial charge in [-0.05, 0) is 63.1 Å². The van der Waals surface area contributed by atoms with Crippen molar-refractivity contribution in [1.29, 1.82) is 5.26 Å². The molecule has 4 rings (SSSR count). The van der Waals surface area contributed by atoms with Gasteiger partial charge in [0.25, 0.3) is 11.8 Å². The molecule has 2 aliphatic rings. The van der Waals surface area contributed by atoms with Crippen LogP contribution in [-0.2, 0) is 21.9 Å². The lowest BCUT2D eigenvalue weighted by atomic mass is 10.0. The van der Waals surface area contributed by atoms with Gasteiger partial charge in [0.05, 0.1) is 34.1 Å². The fourth-order valence-corrected chi connectivity index (χ4v) is 5.42. The maximum Gasteiger partial charge on any atom is 0.418 e. The maximum absolute atomic E-state index is 13.4. The van der Waals surface area contributed by atoms with Gasteiger partial charge in [0, 0.05) is 37.3 Å². The lowest BCUT2D eigenvalue weighted by Gasteiger charge is -2.34. The first-order valence-electron chi connectivity index (χ1n) is 14.4. The average molecular weight is 636 g/mol. The highest BCUT2D eigenvalue weighted by Crippen LogP contribution is 2.37. The summed E-state index contributed by atoms with van der Waals surface area (Å²) in [5.41, 5.74) is -2.82. The number of amides is 4. The molecule has 0 radical (unpaired) electrons. The molecule has 2 heterocycles. The van der Waals surface area contributed by atoms with Crippen LogP contribution < -0.4 is 10.2 Å². The van der Waals surface area contributed by atoms with E-state index in [2.05, 4.69) is 10.2 Å². The molecule has 1 fully saturated rings. The zero-order valence-corrected chi connectivity index (χ0v) is 24.4. The van der Waals surface area contributed by atoms with Crippen molar-refractivity contribution in [2.75, 3.05) is 42.9 Å². The first kappa shape index (κ1) is 33.5. The predicted molar refractivity (Wildman–Crippen MR) is 153 cm³/mol. The number of benzene rings is 2. The van der Waals surface area contributed by atoms with Gasteiger partial charge in [-0.2, -0.15) is 31.6 Å². The number of unbranched alkanes of at least 4 members (excludes halogenated alkanes) is 3. The molecule has 8 nitrogen and oxygen atoms in total. The van der Waals surface area contributed by atoms with Crippen LogP contribution in [0.15, 0.2) is 53.6 Å². The Morgan fingerprint density at radius 3 is 2.16 bits per heavy atom. The molecule has 1 saturated heterocycles. The van der Waals surface area contributed by atoms with Gasteiger partial charge in [-0.3, -0.25) is 14.5 Å². The van der Waals surface area contributed by atoms with E-state index < -0.39 is 46.9 Å². The zero-order chi connectivity index (χ0) is 32.9. The second kappa shape index (κ2) is 13.7. The lowest BCUT2D eigenvalue weighted by molar-refractivity contribution is -0.138. The van der Waals surface area contributed by atoms with Gasteiger partial charge in [-0.15, -0.1) is 0 Å². The summed E-state index contributed by atoms with van der Waals surface area (Å²) >= 11 is 0. The number of carbonyl (C=O) groups is 3. The smallest absolute Gasteiger partial charge is 0.322 e. The Morgan fingerprint density at radius 2 is 1.51 bits per heavy atom. The van der Waals surface area contributed by atoms with Crippen LogP contribution in [-0.4, -0.2) is 60.4 Å². The van der Waals surface area contributed by atoms with E-state index in [-0.39, 0.29) is 22.5 Å². The third-order valence-corrected chi connectivity index (χ3v) is 7.91. The van der Waals surface area contributed by atoms with Crippen LogP contribution in [0, 0.1) is 11.3 Å². The molecule has 0 atom stereocenters. The quantitative estimate of drug-likeness (QED) is 0.191. The Morgan fingerprint density at radius 1 is 0.867 bits per heavy atom. The number of nitrogens with zero attached hydrogens (tertiary/aromatic N) is 4. The maximum atomic E-state index is 13.4. The molecule has 0 saturated carbocycles. The van der Waals surface area contributed by atoms with Crippen molar-refractivity contribution in [3.63, 3.8) is 0 Å². The summed E-state index contributed by atoms with van der Waals surface area (Å²) in [5, 5.41) is 11.4. The number of nitrogens with one attached hydrogen (secondary N) is 1. The lowest BCUT2D eigenvalue weighted by Crippen LogP contribution is -2.50. The fourth-order valence-electron chi connectivity index (χ4n) is 5.42. The number of para-hydroxylation sites is 1. The number of carbonyl (C=O) groups excluding carboxylic acids is 3. The Kier molecular flexibility index (Phi) is 10.2. The Labute approximate surface area is 255 Å². The number of anilines is 2. The van der Waals surface area contributed by atoms with Gasteiger partial charge in [0.1, 0.15) is 0 Å². The average Bonchev–Trinajstić information content (AvgIpc) is 3.20. The van der Waals surface area contributed by atoms with Crippen LogP contribution in [0.2, 0.25) is 0 Å². The topological polar surface area (TPSA) is 96.8 Å². The third-order valence-electron chi connectivity index (χ3n) is 7.91. The molecule has 0 unspecified atom stereocenters. The number of rotatable bonds is 9. The van der Waals surface area contributed by atoms with E-state index in [4.69, 9.17) is 5.26 Å². The molecule has 14 heteroatoms. The van der Waals surface area contributed by atoms with Crippen molar-refractivity contribution >= 4 is 29.2 Å². The molecule has 1 N–H and O–H groups in total. The molecule has 2 aromatic carbocycles. The summed E-state index contributed by atoms with van der Waals surface area (Å²) in [6, 6.07) is 8.44. The van der Waals surface area contributed by atoms with Crippen LogP contribution in [0.25, 0.3) is 0 Å². The van der Waals surface area contributed by atoms with Gasteiger partial charge in [0.15, 0.2) is 0 Å². The summed E-state index contributed by atoms with van der Waals surface area (Å²) < 4.78 is 79.9.